The van der Waals surface area contributed by atoms with Gasteiger partial charge in [0.05, 0.1) is 71.1 Å². The highest BCUT2D eigenvalue weighted by molar-refractivity contribution is 8.00. The van der Waals surface area contributed by atoms with Gasteiger partial charge in [-0.15, -0.1) is 11.8 Å². The molecule has 1 aliphatic heterocycles. The van der Waals surface area contributed by atoms with Crippen molar-refractivity contribution in [1.82, 2.24) is 35.6 Å². The number of aliphatic carboxylic acids is 1. The normalized spacial score (nSPS) is 14.4. The molecule has 0 saturated heterocycles. The van der Waals surface area contributed by atoms with Crippen LogP contribution < -0.4 is 27.0 Å². The summed E-state index contributed by atoms with van der Waals surface area (Å²) in [5.74, 6) is -6.64. The number of alkyl carbamates (subject to hydrolysis) is 1. The zero-order valence-electron chi connectivity index (χ0n) is 47.3. The number of thioether (sulfide) groups is 1. The third kappa shape index (κ3) is 24.2. The molecule has 82 heavy (non-hydrogen) atoms. The lowest BCUT2D eigenvalue weighted by molar-refractivity contribution is -0.141. The molecule has 452 valence electrons. The Morgan fingerprint density at radius 2 is 1.45 bits per heavy atom. The molecule has 0 aliphatic carbocycles. The molecule has 3 aromatic rings. The minimum atomic E-state index is -1.39. The van der Waals surface area contributed by atoms with E-state index in [0.717, 1.165) is 40.4 Å². The Balaban J connectivity index is 1.33. The summed E-state index contributed by atoms with van der Waals surface area (Å²) < 4.78 is 59.0. The molecule has 1 unspecified atom stereocenters. The van der Waals surface area contributed by atoms with Crippen LogP contribution in [0.3, 0.4) is 0 Å². The minimum Gasteiger partial charge on any atom is -0.480 e. The van der Waals surface area contributed by atoms with E-state index in [1.54, 1.807) is 37.9 Å². The van der Waals surface area contributed by atoms with E-state index < -0.39 is 101 Å². The molecular weight excluding hydrogens is 1090 g/mol. The maximum absolute atomic E-state index is 15.4. The molecule has 23 nitrogen and oxygen atoms in total. The van der Waals surface area contributed by atoms with Crippen LogP contribution >= 0.6 is 11.8 Å². The number of aliphatic hydroxyl groups is 1. The number of hydrogen-bond acceptors (Lipinski definition) is 15. The van der Waals surface area contributed by atoms with Crippen molar-refractivity contribution in [3.05, 3.63) is 95.8 Å². The van der Waals surface area contributed by atoms with E-state index in [-0.39, 0.29) is 115 Å². The number of aliphatic hydroxyl groups excluding tert-OH is 1. The topological polar surface area (TPSA) is 309 Å². The molecule has 0 spiro atoms. The predicted octanol–water partition coefficient (Wildman–Crippen LogP) is 3.26. The maximum atomic E-state index is 15.4. The van der Waals surface area contributed by atoms with E-state index in [4.69, 9.17) is 29.4 Å². The van der Waals surface area contributed by atoms with Gasteiger partial charge in [0, 0.05) is 67.4 Å². The summed E-state index contributed by atoms with van der Waals surface area (Å²) in [6.45, 7) is 12.3. The van der Waals surface area contributed by atoms with Gasteiger partial charge in [-0.2, -0.15) is 0 Å². The van der Waals surface area contributed by atoms with Gasteiger partial charge < -0.3 is 75.3 Å². The zero-order valence-corrected chi connectivity index (χ0v) is 48.1. The number of nitrogens with zero attached hydrogens (tertiary/aromatic N) is 3. The molecule has 26 heteroatoms. The minimum absolute atomic E-state index is 0.000979. The number of carbonyl (C=O) groups excluding carboxylic acids is 7. The van der Waals surface area contributed by atoms with E-state index in [1.165, 1.54) is 12.2 Å². The average molecular weight is 1170 g/mol. The molecule has 0 fully saturated rings. The second-order valence-corrected chi connectivity index (χ2v) is 22.1. The van der Waals surface area contributed by atoms with Crippen molar-refractivity contribution < 1.29 is 81.0 Å². The number of aromatic nitrogens is 1. The lowest BCUT2D eigenvalue weighted by atomic mass is 9.83. The monoisotopic (exact) mass is 1170 g/mol. The van der Waals surface area contributed by atoms with Gasteiger partial charge in [-0.1, -0.05) is 51.1 Å². The van der Waals surface area contributed by atoms with E-state index in [9.17, 15) is 53.0 Å². The Labute approximate surface area is 480 Å². The molecular formula is C56H78F2N8O15S. The second-order valence-electron chi connectivity index (χ2n) is 21.0. The number of rotatable bonds is 36. The number of amides is 7. The van der Waals surface area contributed by atoms with Crippen molar-refractivity contribution >= 4 is 59.3 Å². The number of hydrogen-bond donors (Lipinski definition) is 7. The molecule has 2 heterocycles. The predicted molar refractivity (Wildman–Crippen MR) is 298 cm³/mol. The molecule has 0 radical (unpaired) electrons. The lowest BCUT2D eigenvalue weighted by Crippen LogP contribution is -2.50. The Kier molecular flexibility index (Phi) is 27.9. The van der Waals surface area contributed by atoms with Crippen LogP contribution in [0.5, 0.6) is 0 Å². The Hall–Kier alpha value is -6.97. The van der Waals surface area contributed by atoms with Crippen LogP contribution in [0.15, 0.2) is 72.9 Å². The van der Waals surface area contributed by atoms with Crippen molar-refractivity contribution in [2.45, 2.75) is 97.3 Å². The fourth-order valence-corrected chi connectivity index (χ4v) is 9.23. The first-order valence-corrected chi connectivity index (χ1v) is 27.9. The molecule has 1 aliphatic rings. The molecule has 0 saturated carbocycles. The average Bonchev–Trinajstić information content (AvgIpc) is 3.96. The first-order chi connectivity index (χ1) is 38.8. The highest BCUT2D eigenvalue weighted by Crippen LogP contribution is 2.41. The molecule has 2 aromatic carbocycles. The van der Waals surface area contributed by atoms with Crippen LogP contribution in [-0.2, 0) is 63.8 Å². The summed E-state index contributed by atoms with van der Waals surface area (Å²) in [6.07, 6.45) is 1.55. The molecule has 4 atom stereocenters. The van der Waals surface area contributed by atoms with Crippen LogP contribution in [0.25, 0.3) is 11.1 Å². The van der Waals surface area contributed by atoms with Crippen molar-refractivity contribution in [3.8, 4) is 11.1 Å². The second kappa shape index (κ2) is 33.8. The van der Waals surface area contributed by atoms with E-state index >= 15 is 4.39 Å². The van der Waals surface area contributed by atoms with Gasteiger partial charge in [-0.25, -0.2) is 18.4 Å². The van der Waals surface area contributed by atoms with Gasteiger partial charge >= 0.3 is 12.1 Å². The number of nitrogens with two attached hydrogens (primary N) is 1. The molecule has 8 N–H and O–H groups in total. The third-order valence-electron chi connectivity index (χ3n) is 12.0. The first-order valence-electron chi connectivity index (χ1n) is 26.7. The summed E-state index contributed by atoms with van der Waals surface area (Å²) in [4.78, 5) is 104. The molecule has 1 aromatic heterocycles. The number of benzene rings is 2. The van der Waals surface area contributed by atoms with Crippen LogP contribution in [0.1, 0.15) is 78.1 Å². The van der Waals surface area contributed by atoms with Gasteiger partial charge in [0.25, 0.3) is 0 Å². The Morgan fingerprint density at radius 1 is 0.805 bits per heavy atom. The van der Waals surface area contributed by atoms with Gasteiger partial charge in [0.1, 0.15) is 42.1 Å². The van der Waals surface area contributed by atoms with E-state index in [1.807, 2.05) is 55.7 Å². The maximum Gasteiger partial charge on any atom is 0.408 e. The molecule has 4 rings (SSSR count). The highest BCUT2D eigenvalue weighted by Gasteiger charge is 2.38. The fourth-order valence-electron chi connectivity index (χ4n) is 8.31. The number of carboxylic acids is 1. The Morgan fingerprint density at radius 3 is 2.05 bits per heavy atom. The number of nitrogens with one attached hydrogen (secondary N) is 4. The van der Waals surface area contributed by atoms with Crippen LogP contribution in [0.4, 0.5) is 13.6 Å². The zero-order chi connectivity index (χ0) is 60.4. The van der Waals surface area contributed by atoms with E-state index in [2.05, 4.69) is 21.3 Å². The SMILES string of the molecule is CC(C)(C)OC(=O)N[C@@H](CC(N)=O)C(=O)NCCCN(C(=O)CSC[C@H](NC(=O)CCOCCOCCOCCOCCNC(=O)CN1C(=O)C=CC1O)C(=O)O)[C@@H](c1cc(-c2cc(F)ccc2F)cn1Cc1ccccc1)C(C)(C)C. The standard InChI is InChI=1S/C56H78F2N8O15S/c1-55(2,3)51(44-29-38(40-30-39(57)13-14-41(40)58)33-64(44)32-37-11-8-7-9-12-37)65(20-10-18-61-52(73)42(31-45(59)67)63-54(76)81-56(4,5)6)50(72)36-82-35-43(53(74)75)62-46(68)17-21-77-23-25-79-27-28-80-26-24-78-22-19-60-47(69)34-66-48(70)15-16-49(66)71/h7-9,11-16,29-30,33,42-43,48,51,70H,10,17-28,31-32,34-36H2,1-6H3,(H2,59,67)(H,60,69)(H,61,73)(H,62,68)(H,63,76)(H,74,75)/t42-,43-,48?,51-/m0/s1. The summed E-state index contributed by atoms with van der Waals surface area (Å²) in [6, 6.07) is 10.7. The lowest BCUT2D eigenvalue weighted by Gasteiger charge is -2.41. The number of carboxylic acid groups (broad SMARTS) is 1. The Bertz CT molecular complexity index is 2630. The fraction of sp³-hybridized carbons (Fsp3) is 0.536. The number of ether oxygens (including phenoxy) is 5. The van der Waals surface area contributed by atoms with Crippen molar-refractivity contribution in [2.24, 2.45) is 11.1 Å². The number of primary amides is 1. The van der Waals surface area contributed by atoms with Crippen molar-refractivity contribution in [2.75, 3.05) is 90.5 Å². The van der Waals surface area contributed by atoms with Gasteiger partial charge in [0.15, 0.2) is 0 Å². The quantitative estimate of drug-likeness (QED) is 0.0411. The third-order valence-corrected chi connectivity index (χ3v) is 13.0. The summed E-state index contributed by atoms with van der Waals surface area (Å²) in [5.41, 5.74) is 5.52. The first kappa shape index (κ1) is 67.5. The van der Waals surface area contributed by atoms with E-state index in [0.29, 0.717) is 11.3 Å². The van der Waals surface area contributed by atoms with Crippen molar-refractivity contribution in [1.29, 1.82) is 0 Å². The highest BCUT2D eigenvalue weighted by atomic mass is 32.2. The van der Waals surface area contributed by atoms with Crippen molar-refractivity contribution in [3.63, 3.8) is 0 Å². The van der Waals surface area contributed by atoms with Gasteiger partial charge in [0.2, 0.25) is 35.4 Å². The molecule has 7 amide bonds. The summed E-state index contributed by atoms with van der Waals surface area (Å²) in [5, 5.41) is 29.9. The smallest absolute Gasteiger partial charge is 0.408 e. The van der Waals surface area contributed by atoms with Gasteiger partial charge in [-0.3, -0.25) is 28.8 Å². The van der Waals surface area contributed by atoms with Gasteiger partial charge in [-0.05, 0) is 68.5 Å². The van der Waals surface area contributed by atoms with Crippen LogP contribution in [-0.4, -0.2) is 187 Å². The number of carbonyl (C=O) groups is 8. The van der Waals surface area contributed by atoms with Crippen LogP contribution in [0, 0.1) is 17.0 Å². The summed E-state index contributed by atoms with van der Waals surface area (Å²) in [7, 11) is 0. The summed E-state index contributed by atoms with van der Waals surface area (Å²) >= 11 is 0.974. The molecule has 0 bridgehead atoms. The number of halogens is 2. The van der Waals surface area contributed by atoms with Crippen LogP contribution in [0.2, 0.25) is 0 Å². The largest absolute Gasteiger partial charge is 0.480 e.